The van der Waals surface area contributed by atoms with Crippen LogP contribution in [0.25, 0.3) is 11.3 Å². The lowest BCUT2D eigenvalue weighted by molar-refractivity contribution is 0.0319. The summed E-state index contributed by atoms with van der Waals surface area (Å²) in [5.41, 5.74) is 2.37. The molecule has 4 rings (SSSR count). The fourth-order valence-corrected chi connectivity index (χ4v) is 3.68. The molecule has 9 heteroatoms. The molecule has 180 valence electrons. The SMILES string of the molecule is COc1cccc(Nc2nccc(-c3cc(OC)c(OCCN4CCOCC4)c(OC)c3)n2)c1. The summed E-state index contributed by atoms with van der Waals surface area (Å²) in [4.78, 5) is 11.3. The normalized spacial score (nSPS) is 13.9. The highest BCUT2D eigenvalue weighted by Crippen LogP contribution is 2.41. The minimum Gasteiger partial charge on any atom is -0.497 e. The molecule has 2 heterocycles. The van der Waals surface area contributed by atoms with Crippen LogP contribution in [-0.4, -0.2) is 75.7 Å². The van der Waals surface area contributed by atoms with E-state index in [1.165, 1.54) is 0 Å². The summed E-state index contributed by atoms with van der Waals surface area (Å²) in [5, 5.41) is 3.21. The topological polar surface area (TPSA) is 87.2 Å². The van der Waals surface area contributed by atoms with Crippen molar-refractivity contribution in [3.05, 3.63) is 48.7 Å². The molecule has 0 amide bonds. The molecule has 1 fully saturated rings. The number of hydrogen-bond acceptors (Lipinski definition) is 9. The van der Waals surface area contributed by atoms with Crippen molar-refractivity contribution in [2.24, 2.45) is 0 Å². The zero-order chi connectivity index (χ0) is 23.8. The molecule has 0 aliphatic carbocycles. The summed E-state index contributed by atoms with van der Waals surface area (Å²) < 4.78 is 28.0. The number of ether oxygens (including phenoxy) is 5. The number of rotatable bonds is 10. The average Bonchev–Trinajstić information content (AvgIpc) is 2.89. The Labute approximate surface area is 199 Å². The van der Waals surface area contributed by atoms with Gasteiger partial charge in [0.05, 0.1) is 40.2 Å². The van der Waals surface area contributed by atoms with Crippen LogP contribution in [0.1, 0.15) is 0 Å². The predicted octanol–water partition coefficient (Wildman–Crippen LogP) is 3.62. The smallest absolute Gasteiger partial charge is 0.227 e. The Morgan fingerprint density at radius 3 is 2.44 bits per heavy atom. The van der Waals surface area contributed by atoms with E-state index in [-0.39, 0.29) is 0 Å². The van der Waals surface area contributed by atoms with Gasteiger partial charge in [0.1, 0.15) is 12.4 Å². The van der Waals surface area contributed by atoms with E-state index in [2.05, 4.69) is 20.2 Å². The first-order chi connectivity index (χ1) is 16.7. The molecular weight excluding hydrogens is 436 g/mol. The quantitative estimate of drug-likeness (QED) is 0.481. The second-order valence-corrected chi connectivity index (χ2v) is 7.63. The number of anilines is 2. The number of methoxy groups -OCH3 is 3. The third-order valence-corrected chi connectivity index (χ3v) is 5.50. The maximum Gasteiger partial charge on any atom is 0.227 e. The van der Waals surface area contributed by atoms with Crippen LogP contribution in [0.4, 0.5) is 11.6 Å². The fourth-order valence-electron chi connectivity index (χ4n) is 3.68. The van der Waals surface area contributed by atoms with Crippen molar-refractivity contribution in [3.8, 4) is 34.3 Å². The molecule has 3 aromatic rings. The number of benzene rings is 2. The van der Waals surface area contributed by atoms with Gasteiger partial charge in [-0.15, -0.1) is 0 Å². The maximum absolute atomic E-state index is 6.08. The van der Waals surface area contributed by atoms with Gasteiger partial charge in [-0.2, -0.15) is 0 Å². The molecule has 9 nitrogen and oxygen atoms in total. The highest BCUT2D eigenvalue weighted by Gasteiger charge is 2.17. The first-order valence-electron chi connectivity index (χ1n) is 11.1. The third-order valence-electron chi connectivity index (χ3n) is 5.50. The second-order valence-electron chi connectivity index (χ2n) is 7.63. The van der Waals surface area contributed by atoms with Gasteiger partial charge in [0.25, 0.3) is 0 Å². The van der Waals surface area contributed by atoms with E-state index in [1.807, 2.05) is 42.5 Å². The number of hydrogen-bond donors (Lipinski definition) is 1. The van der Waals surface area contributed by atoms with Gasteiger partial charge in [0, 0.05) is 43.1 Å². The van der Waals surface area contributed by atoms with E-state index < -0.39 is 0 Å². The largest absolute Gasteiger partial charge is 0.497 e. The molecule has 0 radical (unpaired) electrons. The Morgan fingerprint density at radius 1 is 0.971 bits per heavy atom. The number of morpholine rings is 1. The van der Waals surface area contributed by atoms with Crippen molar-refractivity contribution in [2.75, 3.05) is 66.1 Å². The van der Waals surface area contributed by atoms with E-state index in [0.29, 0.717) is 29.8 Å². The van der Waals surface area contributed by atoms with E-state index in [4.69, 9.17) is 23.7 Å². The van der Waals surface area contributed by atoms with Crippen LogP contribution >= 0.6 is 0 Å². The van der Waals surface area contributed by atoms with Crippen LogP contribution in [0.15, 0.2) is 48.7 Å². The second kappa shape index (κ2) is 11.5. The number of nitrogens with zero attached hydrogens (tertiary/aromatic N) is 3. The van der Waals surface area contributed by atoms with Gasteiger partial charge in [0.2, 0.25) is 11.7 Å². The summed E-state index contributed by atoms with van der Waals surface area (Å²) in [6, 6.07) is 13.2. The van der Waals surface area contributed by atoms with Gasteiger partial charge in [-0.3, -0.25) is 4.90 Å². The van der Waals surface area contributed by atoms with Crippen LogP contribution in [0.3, 0.4) is 0 Å². The van der Waals surface area contributed by atoms with E-state index in [0.717, 1.165) is 55.5 Å². The van der Waals surface area contributed by atoms with Gasteiger partial charge in [-0.05, 0) is 30.3 Å². The number of aromatic nitrogens is 2. The first kappa shape index (κ1) is 23.6. The monoisotopic (exact) mass is 466 g/mol. The predicted molar refractivity (Wildman–Crippen MR) is 130 cm³/mol. The molecule has 1 aliphatic heterocycles. The van der Waals surface area contributed by atoms with Crippen molar-refractivity contribution in [3.63, 3.8) is 0 Å². The van der Waals surface area contributed by atoms with Crippen LogP contribution in [0.5, 0.6) is 23.0 Å². The van der Waals surface area contributed by atoms with Crippen molar-refractivity contribution >= 4 is 11.6 Å². The molecule has 34 heavy (non-hydrogen) atoms. The van der Waals surface area contributed by atoms with Crippen LogP contribution in [-0.2, 0) is 4.74 Å². The zero-order valence-electron chi connectivity index (χ0n) is 19.7. The zero-order valence-corrected chi connectivity index (χ0v) is 19.7. The molecule has 1 aromatic heterocycles. The molecule has 0 spiro atoms. The molecule has 0 bridgehead atoms. The molecule has 2 aromatic carbocycles. The van der Waals surface area contributed by atoms with Gasteiger partial charge >= 0.3 is 0 Å². The molecule has 0 atom stereocenters. The number of nitrogens with one attached hydrogen (secondary N) is 1. The molecular formula is C25H30N4O5. The van der Waals surface area contributed by atoms with Gasteiger partial charge in [0.15, 0.2) is 11.5 Å². The van der Waals surface area contributed by atoms with Gasteiger partial charge in [-0.25, -0.2) is 9.97 Å². The molecule has 0 saturated carbocycles. The molecule has 1 saturated heterocycles. The Bertz CT molecular complexity index is 1060. The summed E-state index contributed by atoms with van der Waals surface area (Å²) in [6.07, 6.45) is 1.70. The molecule has 0 unspecified atom stereocenters. The first-order valence-corrected chi connectivity index (χ1v) is 11.1. The lowest BCUT2D eigenvalue weighted by Crippen LogP contribution is -2.38. The lowest BCUT2D eigenvalue weighted by atomic mass is 10.1. The summed E-state index contributed by atoms with van der Waals surface area (Å²) in [5.74, 6) is 2.95. The van der Waals surface area contributed by atoms with E-state index in [1.54, 1.807) is 27.5 Å². The third kappa shape index (κ3) is 5.86. The average molecular weight is 467 g/mol. The lowest BCUT2D eigenvalue weighted by Gasteiger charge is -2.26. The Balaban J connectivity index is 1.52. The minimum atomic E-state index is 0.467. The van der Waals surface area contributed by atoms with Crippen LogP contribution in [0.2, 0.25) is 0 Å². The van der Waals surface area contributed by atoms with Crippen LogP contribution < -0.4 is 24.3 Å². The standard InChI is InChI=1S/C25H30N4O5/c1-30-20-6-4-5-19(17-20)27-25-26-8-7-21(28-25)18-15-22(31-2)24(23(16-18)32-3)34-14-11-29-9-12-33-13-10-29/h4-8,15-17H,9-14H2,1-3H3,(H,26,27,28). The van der Waals surface area contributed by atoms with Crippen LogP contribution in [0, 0.1) is 0 Å². The Morgan fingerprint density at radius 2 is 1.74 bits per heavy atom. The minimum absolute atomic E-state index is 0.467. The molecule has 1 aliphatic rings. The van der Waals surface area contributed by atoms with Gasteiger partial charge < -0.3 is 29.0 Å². The van der Waals surface area contributed by atoms with Gasteiger partial charge in [-0.1, -0.05) is 6.07 Å². The Kier molecular flexibility index (Phi) is 8.00. The molecule has 1 N–H and O–H groups in total. The van der Waals surface area contributed by atoms with Crippen molar-refractivity contribution < 1.29 is 23.7 Å². The maximum atomic E-state index is 6.08. The highest BCUT2D eigenvalue weighted by molar-refractivity contribution is 5.69. The summed E-state index contributed by atoms with van der Waals surface area (Å²) in [6.45, 7) is 4.67. The Hall–Kier alpha value is -3.56. The fraction of sp³-hybridized carbons (Fsp3) is 0.360. The van der Waals surface area contributed by atoms with E-state index >= 15 is 0 Å². The summed E-state index contributed by atoms with van der Waals surface area (Å²) >= 11 is 0. The summed E-state index contributed by atoms with van der Waals surface area (Å²) in [7, 11) is 4.86. The van der Waals surface area contributed by atoms with Crippen molar-refractivity contribution in [1.29, 1.82) is 0 Å². The van der Waals surface area contributed by atoms with Crippen molar-refractivity contribution in [2.45, 2.75) is 0 Å². The van der Waals surface area contributed by atoms with E-state index in [9.17, 15) is 0 Å². The highest BCUT2D eigenvalue weighted by atomic mass is 16.5. The van der Waals surface area contributed by atoms with Crippen molar-refractivity contribution in [1.82, 2.24) is 14.9 Å².